The molecule has 0 spiro atoms. The van der Waals surface area contributed by atoms with Crippen LogP contribution in [0.15, 0.2) is 179 Å². The van der Waals surface area contributed by atoms with E-state index >= 15 is 0 Å². The number of nitrogens with one attached hydrogen (secondary N) is 2. The molecule has 12 aromatic rings. The number of carboxylic acid groups (broad SMARTS) is 1. The lowest BCUT2D eigenvalue weighted by Gasteiger charge is -2.16. The number of benzene rings is 4. The van der Waals surface area contributed by atoms with Crippen molar-refractivity contribution in [2.75, 3.05) is 11.1 Å². The average molecular weight is 1640 g/mol. The number of halogens is 19. The topological polar surface area (TPSA) is 313 Å². The Balaban J connectivity index is 0.000000188. The van der Waals surface area contributed by atoms with E-state index in [0.717, 1.165) is 67.5 Å². The molecular formula is C64H47BrF18N14O9S2. The molecule has 0 radical (unpaired) electrons. The number of carbonyl (C=O) groups excluding carboxylic acids is 1. The van der Waals surface area contributed by atoms with Crippen LogP contribution >= 0.6 is 38.6 Å². The Bertz CT molecular complexity index is 4990. The van der Waals surface area contributed by atoms with E-state index in [4.69, 9.17) is 19.9 Å². The van der Waals surface area contributed by atoms with E-state index in [0.29, 0.717) is 51.9 Å². The molecule has 23 nitrogen and oxygen atoms in total. The van der Waals surface area contributed by atoms with Crippen molar-refractivity contribution in [1.82, 2.24) is 49.9 Å². The van der Waals surface area contributed by atoms with E-state index in [1.54, 1.807) is 19.9 Å². The van der Waals surface area contributed by atoms with Gasteiger partial charge in [0.2, 0.25) is 0 Å². The number of aromatic nitrogens is 10. The number of nitrogen functional groups attached to an aromatic ring is 1. The maximum atomic E-state index is 13.3. The molecule has 12 rings (SSSR count). The molecule has 8 aromatic heterocycles. The van der Waals surface area contributed by atoms with Crippen molar-refractivity contribution in [2.45, 2.75) is 75.9 Å². The minimum atomic E-state index is -5.00. The number of nitrogens with zero attached hydrogens (tertiary/aromatic N) is 11. The van der Waals surface area contributed by atoms with E-state index in [2.05, 4.69) is 57.1 Å². The Kier molecular flexibility index (Phi) is 27.2. The zero-order valence-corrected chi connectivity index (χ0v) is 57.4. The normalized spacial score (nSPS) is 11.6. The minimum Gasteiger partial charge on any atom is -0.476 e. The van der Waals surface area contributed by atoms with Crippen LogP contribution in [0.25, 0.3) is 21.3 Å². The van der Waals surface area contributed by atoms with E-state index in [9.17, 15) is 109 Å². The lowest BCUT2D eigenvalue weighted by Crippen LogP contribution is -2.15. The van der Waals surface area contributed by atoms with Crippen LogP contribution in [0, 0.1) is 34.1 Å². The number of carbonyl (C=O) groups is 2. The summed E-state index contributed by atoms with van der Waals surface area (Å²) in [7, 11) is 0. The van der Waals surface area contributed by atoms with Gasteiger partial charge >= 0.3 is 54.4 Å². The highest BCUT2D eigenvalue weighted by atomic mass is 79.9. The molecule has 0 saturated carbocycles. The third-order valence-corrected chi connectivity index (χ3v) is 16.3. The van der Waals surface area contributed by atoms with Gasteiger partial charge in [-0.3, -0.25) is 44.2 Å². The molecule has 0 unspecified atom stereocenters. The molecule has 108 heavy (non-hydrogen) atoms. The number of thiophene rings is 2. The molecule has 44 heteroatoms. The highest BCUT2D eigenvalue weighted by Crippen LogP contribution is 2.41. The molecule has 0 saturated heterocycles. The van der Waals surface area contributed by atoms with Crippen LogP contribution in [-0.4, -0.2) is 76.7 Å². The van der Waals surface area contributed by atoms with Gasteiger partial charge in [0.25, 0.3) is 5.91 Å². The van der Waals surface area contributed by atoms with Crippen molar-refractivity contribution in [1.29, 1.82) is 0 Å². The fourth-order valence-corrected chi connectivity index (χ4v) is 10.8. The zero-order valence-electron chi connectivity index (χ0n) is 54.2. The van der Waals surface area contributed by atoms with Gasteiger partial charge in [0.1, 0.15) is 18.6 Å². The van der Waals surface area contributed by atoms with Crippen molar-refractivity contribution in [3.05, 3.63) is 268 Å². The van der Waals surface area contributed by atoms with Crippen molar-refractivity contribution in [3.8, 4) is 21.3 Å². The summed E-state index contributed by atoms with van der Waals surface area (Å²) < 4.78 is 243. The summed E-state index contributed by atoms with van der Waals surface area (Å²) in [4.78, 5) is 43.6. The Morgan fingerprint density at radius 3 is 1.37 bits per heavy atom. The summed E-state index contributed by atoms with van der Waals surface area (Å²) >= 11 is 6.13. The fourth-order valence-electron chi connectivity index (χ4n) is 8.83. The number of nitro groups is 2. The maximum Gasteiger partial charge on any atom is 0.416 e. The van der Waals surface area contributed by atoms with Gasteiger partial charge < -0.3 is 25.2 Å². The number of aromatic amines is 1. The van der Waals surface area contributed by atoms with Gasteiger partial charge in [0, 0.05) is 29.9 Å². The van der Waals surface area contributed by atoms with Crippen LogP contribution in [0.3, 0.4) is 0 Å². The number of hydrogen-bond acceptors (Lipinski definition) is 17. The first kappa shape index (κ1) is 83.6. The summed E-state index contributed by atoms with van der Waals surface area (Å²) in [5, 5.41) is 60.0. The van der Waals surface area contributed by atoms with Gasteiger partial charge in [-0.15, -0.1) is 22.7 Å². The minimum absolute atomic E-state index is 0.00719. The number of H-pyrrole nitrogens is 1. The number of anilines is 2. The van der Waals surface area contributed by atoms with Crippen molar-refractivity contribution < 1.29 is 113 Å². The number of hydrogen-bond donors (Lipinski definition) is 4. The van der Waals surface area contributed by atoms with Gasteiger partial charge in [-0.1, -0.05) is 74.3 Å². The summed E-state index contributed by atoms with van der Waals surface area (Å²) in [6.45, 7) is 2.31. The molecule has 0 aliphatic rings. The predicted molar refractivity (Wildman–Crippen MR) is 353 cm³/mol. The quantitative estimate of drug-likeness (QED) is 0.0340. The van der Waals surface area contributed by atoms with Gasteiger partial charge in [-0.25, -0.2) is 4.79 Å². The second kappa shape index (κ2) is 35.1. The van der Waals surface area contributed by atoms with Gasteiger partial charge in [-0.05, 0) is 107 Å². The molecule has 0 aliphatic carbocycles. The SMILES string of the molecule is Cc1cc(C(F)(F)F)ccc1CBr.Cc1ccc(Cn2cc(NC(=O)c3cc(-c4cccs4)on3)cn2)c(C(F)(F)F)c1.Nc1cnn(Cc2ccc(C(F)(F)F)cc2C(F)(F)F)c1.O=C(O)c1cc(-c2cccs2)on1.O=[N+]([O-])c1cn[nH]c1.O=[N+]([O-])c1cnn(Cc2ccc(C(F)(F)F)cc2C(F)(F)F)c1. The van der Waals surface area contributed by atoms with E-state index in [1.165, 1.54) is 82.6 Å². The number of aryl methyl sites for hydroxylation is 2. The molecule has 1 amide bonds. The van der Waals surface area contributed by atoms with E-state index in [1.807, 2.05) is 35.0 Å². The average Bonchev–Trinajstić information content (AvgIpc) is 1.30. The zero-order chi connectivity index (χ0) is 79.9. The van der Waals surface area contributed by atoms with Crippen molar-refractivity contribution in [3.63, 3.8) is 0 Å². The molecule has 0 bridgehead atoms. The second-order valence-electron chi connectivity index (χ2n) is 21.8. The largest absolute Gasteiger partial charge is 0.476 e. The van der Waals surface area contributed by atoms with Crippen LogP contribution in [0.2, 0.25) is 0 Å². The number of nitrogens with two attached hydrogens (primary N) is 1. The number of alkyl halides is 19. The molecular weight excluding hydrogens is 1590 g/mol. The number of carboxylic acids is 1. The predicted octanol–water partition coefficient (Wildman–Crippen LogP) is 19.0. The van der Waals surface area contributed by atoms with E-state index in [-0.39, 0.29) is 59.1 Å². The van der Waals surface area contributed by atoms with Gasteiger partial charge in [-0.2, -0.15) is 99.4 Å². The summed E-state index contributed by atoms with van der Waals surface area (Å²) in [5.74, 6) is -0.615. The summed E-state index contributed by atoms with van der Waals surface area (Å²) in [6.07, 6.45) is -18.9. The van der Waals surface area contributed by atoms with E-state index < -0.39 is 110 Å². The van der Waals surface area contributed by atoms with Crippen molar-refractivity contribution >= 4 is 73.2 Å². The molecule has 8 heterocycles. The van der Waals surface area contributed by atoms with Gasteiger partial charge in [0.15, 0.2) is 22.9 Å². The standard InChI is InChI=1S/C20H15F3N4O2S.C12H7F6N3O2.C12H9F6N3.C9H8BrF3.C8H5NO3S.C3H3N3O2/c1-12-4-5-13(15(7-12)20(21,22)23)10-27-11-14(9-24-27)25-19(28)16-8-17(29-26-16)18-3-2-6-30-18;13-11(14,15)8-2-1-7(10(3-8)12(16,17)18)5-20-6-9(4-19-20)21(22)23;13-11(14,15)8-2-1-7(10(3-8)12(16,17)18)5-21-6-9(19)4-20-21;1-6-4-8(9(11,12)13)3-2-7(6)5-10;10-8(11)5-4-6(12-9-5)7-2-1-3-13-7;7-6(8)3-1-4-5-2-3/h2-9,11H,10H2,1H3,(H,25,28);1-4,6H,5H2;1-4,6H,5,19H2;2-4H,5H2,1H3;1-4H,(H,10,11);1-2H,(H,4,5). The molecule has 4 aromatic carbocycles. The third kappa shape index (κ3) is 24.2. The fraction of sp³-hybridized carbons (Fsp3) is 0.188. The Hall–Kier alpha value is -11.7. The third-order valence-electron chi connectivity index (χ3n) is 13.9. The lowest BCUT2D eigenvalue weighted by molar-refractivity contribution is -0.385. The van der Waals surface area contributed by atoms with Crippen LogP contribution in [0.5, 0.6) is 0 Å². The number of rotatable bonds is 14. The molecule has 0 atom stereocenters. The summed E-state index contributed by atoms with van der Waals surface area (Å²) in [6, 6.07) is 21.0. The number of amides is 1. The first-order valence-electron chi connectivity index (χ1n) is 29.5. The molecule has 572 valence electrons. The Morgan fingerprint density at radius 2 is 0.981 bits per heavy atom. The Morgan fingerprint density at radius 1 is 0.546 bits per heavy atom. The maximum absolute atomic E-state index is 13.3. The van der Waals surface area contributed by atoms with Crippen LogP contribution in [0.1, 0.15) is 87.7 Å². The smallest absolute Gasteiger partial charge is 0.416 e. The first-order chi connectivity index (χ1) is 50.4. The van der Waals surface area contributed by atoms with Crippen LogP contribution in [-0.2, 0) is 62.0 Å². The van der Waals surface area contributed by atoms with Gasteiger partial charge in [0.05, 0.1) is 103 Å². The second-order valence-corrected chi connectivity index (χ2v) is 24.3. The first-order valence-corrected chi connectivity index (χ1v) is 32.4. The number of aromatic carboxylic acids is 1. The molecule has 0 aliphatic heterocycles. The summed E-state index contributed by atoms with van der Waals surface area (Å²) in [5.41, 5.74) is 0.00720. The lowest BCUT2D eigenvalue weighted by atomic mass is 10.0. The molecule has 0 fully saturated rings. The monoisotopic (exact) mass is 1640 g/mol. The van der Waals surface area contributed by atoms with Crippen LogP contribution in [0.4, 0.5) is 102 Å². The highest BCUT2D eigenvalue weighted by molar-refractivity contribution is 9.08. The Labute approximate surface area is 609 Å². The molecule has 5 N–H and O–H groups in total. The van der Waals surface area contributed by atoms with Crippen molar-refractivity contribution in [2.24, 2.45) is 0 Å². The van der Waals surface area contributed by atoms with Crippen LogP contribution < -0.4 is 11.1 Å². The highest BCUT2D eigenvalue weighted by Gasteiger charge is 2.40.